The molecule has 0 aliphatic carbocycles. The largest absolute Gasteiger partial charge is 0.478 e. The first-order chi connectivity index (χ1) is 7.38. The Morgan fingerprint density at radius 2 is 2.06 bits per heavy atom. The molecule has 0 aliphatic rings. The van der Waals surface area contributed by atoms with Crippen molar-refractivity contribution in [2.45, 2.75) is 25.9 Å². The lowest BCUT2D eigenvalue weighted by atomic mass is 10.3. The highest BCUT2D eigenvalue weighted by atomic mass is 79.9. The van der Waals surface area contributed by atoms with Crippen molar-refractivity contribution in [2.75, 3.05) is 6.61 Å². The Hall–Kier alpha value is -0.780. The molecule has 0 bridgehead atoms. The Labute approximate surface area is 100.0 Å². The van der Waals surface area contributed by atoms with Gasteiger partial charge in [0.1, 0.15) is 0 Å². The van der Waals surface area contributed by atoms with E-state index in [0.717, 1.165) is 10.2 Å². The van der Waals surface area contributed by atoms with Crippen LogP contribution in [0.4, 0.5) is 13.2 Å². The summed E-state index contributed by atoms with van der Waals surface area (Å²) in [5.74, 6) is 0.350. The van der Waals surface area contributed by atoms with Crippen LogP contribution in [0.25, 0.3) is 0 Å². The van der Waals surface area contributed by atoms with E-state index in [9.17, 15) is 13.2 Å². The maximum absolute atomic E-state index is 11.8. The van der Waals surface area contributed by atoms with Crippen LogP contribution in [-0.4, -0.2) is 17.8 Å². The Balaban J connectivity index is 2.35. The molecule has 1 heterocycles. The van der Waals surface area contributed by atoms with Gasteiger partial charge in [-0.1, -0.05) is 0 Å². The number of aromatic nitrogens is 1. The van der Waals surface area contributed by atoms with Gasteiger partial charge in [-0.05, 0) is 35.3 Å². The lowest BCUT2D eigenvalue weighted by Gasteiger charge is -2.08. The monoisotopic (exact) mass is 297 g/mol. The van der Waals surface area contributed by atoms with Crippen molar-refractivity contribution in [3.8, 4) is 5.88 Å². The molecule has 6 heteroatoms. The van der Waals surface area contributed by atoms with E-state index in [4.69, 9.17) is 4.74 Å². The van der Waals surface area contributed by atoms with Gasteiger partial charge in [0.25, 0.3) is 0 Å². The summed E-state index contributed by atoms with van der Waals surface area (Å²) in [7, 11) is 0. The smallest absolute Gasteiger partial charge is 0.389 e. The molecule has 1 rings (SSSR count). The molecular formula is C10H11BrF3NO. The van der Waals surface area contributed by atoms with Gasteiger partial charge in [0.2, 0.25) is 5.88 Å². The minimum Gasteiger partial charge on any atom is -0.478 e. The highest BCUT2D eigenvalue weighted by molar-refractivity contribution is 9.10. The molecule has 0 N–H and O–H groups in total. The van der Waals surface area contributed by atoms with E-state index in [0.29, 0.717) is 5.88 Å². The molecule has 16 heavy (non-hydrogen) atoms. The van der Waals surface area contributed by atoms with Gasteiger partial charge >= 0.3 is 6.18 Å². The fourth-order valence-corrected chi connectivity index (χ4v) is 1.27. The number of halogens is 4. The third kappa shape index (κ3) is 4.83. The average molecular weight is 298 g/mol. The number of rotatable bonds is 4. The molecular weight excluding hydrogens is 287 g/mol. The van der Waals surface area contributed by atoms with Crippen molar-refractivity contribution in [3.05, 3.63) is 22.3 Å². The van der Waals surface area contributed by atoms with Gasteiger partial charge in [0, 0.05) is 17.0 Å². The van der Waals surface area contributed by atoms with E-state index < -0.39 is 12.6 Å². The number of pyridine rings is 1. The summed E-state index contributed by atoms with van der Waals surface area (Å²) in [5, 5.41) is 0. The number of nitrogens with zero attached hydrogens (tertiary/aromatic N) is 1. The van der Waals surface area contributed by atoms with Gasteiger partial charge in [-0.3, -0.25) is 0 Å². The summed E-state index contributed by atoms with van der Waals surface area (Å²) in [4.78, 5) is 4.06. The summed E-state index contributed by atoms with van der Waals surface area (Å²) in [6.07, 6.45) is -5.00. The van der Waals surface area contributed by atoms with Crippen molar-refractivity contribution in [3.63, 3.8) is 0 Å². The van der Waals surface area contributed by atoms with Crippen LogP contribution in [0.15, 0.2) is 16.6 Å². The van der Waals surface area contributed by atoms with E-state index in [1.54, 1.807) is 19.1 Å². The van der Waals surface area contributed by atoms with Gasteiger partial charge in [0.05, 0.1) is 12.3 Å². The Morgan fingerprint density at radius 3 is 2.62 bits per heavy atom. The van der Waals surface area contributed by atoms with E-state index >= 15 is 0 Å². The van der Waals surface area contributed by atoms with Crippen molar-refractivity contribution >= 4 is 15.9 Å². The van der Waals surface area contributed by atoms with Crippen LogP contribution in [0.3, 0.4) is 0 Å². The lowest BCUT2D eigenvalue weighted by Crippen LogP contribution is -2.10. The molecule has 0 unspecified atom stereocenters. The van der Waals surface area contributed by atoms with Gasteiger partial charge in [0.15, 0.2) is 0 Å². The zero-order valence-corrected chi connectivity index (χ0v) is 10.2. The second kappa shape index (κ2) is 5.52. The Kier molecular flexibility index (Phi) is 4.58. The van der Waals surface area contributed by atoms with Crippen LogP contribution in [0.2, 0.25) is 0 Å². The van der Waals surface area contributed by atoms with Crippen LogP contribution in [-0.2, 0) is 0 Å². The Bertz CT molecular complexity index is 354. The number of hydrogen-bond acceptors (Lipinski definition) is 2. The van der Waals surface area contributed by atoms with Crippen LogP contribution < -0.4 is 4.74 Å². The fraction of sp³-hybridized carbons (Fsp3) is 0.500. The molecule has 1 aromatic rings. The van der Waals surface area contributed by atoms with Crippen molar-refractivity contribution in [2.24, 2.45) is 0 Å². The van der Waals surface area contributed by atoms with Gasteiger partial charge in [-0.25, -0.2) is 4.98 Å². The van der Waals surface area contributed by atoms with E-state index in [1.165, 1.54) is 0 Å². The molecule has 0 saturated heterocycles. The predicted molar refractivity (Wildman–Crippen MR) is 57.5 cm³/mol. The third-order valence-corrected chi connectivity index (χ3v) is 2.69. The molecule has 90 valence electrons. The molecule has 0 aliphatic heterocycles. The third-order valence-electron chi connectivity index (χ3n) is 1.85. The van der Waals surface area contributed by atoms with Gasteiger partial charge in [-0.2, -0.15) is 13.2 Å². The highest BCUT2D eigenvalue weighted by Gasteiger charge is 2.26. The normalized spacial score (nSPS) is 11.6. The predicted octanol–water partition coefficient (Wildman–Crippen LogP) is 3.87. The van der Waals surface area contributed by atoms with Gasteiger partial charge < -0.3 is 4.74 Å². The zero-order valence-electron chi connectivity index (χ0n) is 8.64. The molecule has 0 amide bonds. The molecule has 0 aromatic carbocycles. The SMILES string of the molecule is Cc1nc(OCCCC(F)(F)F)ccc1Br. The molecule has 0 saturated carbocycles. The first kappa shape index (κ1) is 13.3. The molecule has 1 aromatic heterocycles. The summed E-state index contributed by atoms with van der Waals surface area (Å²) < 4.78 is 41.4. The minimum absolute atomic E-state index is 0.0214. The topological polar surface area (TPSA) is 22.1 Å². The van der Waals surface area contributed by atoms with Crippen LogP contribution >= 0.6 is 15.9 Å². The van der Waals surface area contributed by atoms with Crippen LogP contribution in [0, 0.1) is 6.92 Å². The molecule has 0 fully saturated rings. The van der Waals surface area contributed by atoms with Crippen LogP contribution in [0.1, 0.15) is 18.5 Å². The summed E-state index contributed by atoms with van der Waals surface area (Å²) in [6, 6.07) is 3.37. The quantitative estimate of drug-likeness (QED) is 0.787. The number of ether oxygens (including phenoxy) is 1. The summed E-state index contributed by atoms with van der Waals surface area (Å²) in [5.41, 5.74) is 0.744. The highest BCUT2D eigenvalue weighted by Crippen LogP contribution is 2.22. The molecule has 0 spiro atoms. The maximum atomic E-state index is 11.8. The first-order valence-corrected chi connectivity index (χ1v) is 5.50. The van der Waals surface area contributed by atoms with E-state index in [2.05, 4.69) is 20.9 Å². The standard InChI is InChI=1S/C10H11BrF3NO/c1-7-8(11)3-4-9(15-7)16-6-2-5-10(12,13)14/h3-4H,2,5-6H2,1H3. The van der Waals surface area contributed by atoms with Crippen molar-refractivity contribution in [1.82, 2.24) is 4.98 Å². The molecule has 2 nitrogen and oxygen atoms in total. The number of hydrogen-bond donors (Lipinski definition) is 0. The fourth-order valence-electron chi connectivity index (χ4n) is 1.05. The molecule has 0 atom stereocenters. The maximum Gasteiger partial charge on any atom is 0.389 e. The second-order valence-electron chi connectivity index (χ2n) is 3.28. The summed E-state index contributed by atoms with van der Waals surface area (Å²) >= 11 is 3.27. The van der Waals surface area contributed by atoms with Crippen molar-refractivity contribution in [1.29, 1.82) is 0 Å². The summed E-state index contributed by atoms with van der Waals surface area (Å²) in [6.45, 7) is 1.81. The molecule has 0 radical (unpaired) electrons. The van der Waals surface area contributed by atoms with Gasteiger partial charge in [-0.15, -0.1) is 0 Å². The van der Waals surface area contributed by atoms with E-state index in [-0.39, 0.29) is 13.0 Å². The second-order valence-corrected chi connectivity index (χ2v) is 4.14. The number of aryl methyl sites for hydroxylation is 1. The average Bonchev–Trinajstić information content (AvgIpc) is 2.17. The lowest BCUT2D eigenvalue weighted by molar-refractivity contribution is -0.136. The first-order valence-electron chi connectivity index (χ1n) is 4.71. The number of alkyl halides is 3. The van der Waals surface area contributed by atoms with E-state index in [1.807, 2.05) is 0 Å². The Morgan fingerprint density at radius 1 is 1.38 bits per heavy atom. The van der Waals surface area contributed by atoms with Crippen LogP contribution in [0.5, 0.6) is 5.88 Å². The minimum atomic E-state index is -4.12. The zero-order chi connectivity index (χ0) is 12.2. The van der Waals surface area contributed by atoms with Crippen molar-refractivity contribution < 1.29 is 17.9 Å².